The van der Waals surface area contributed by atoms with Crippen LogP contribution >= 0.6 is 0 Å². The quantitative estimate of drug-likeness (QED) is 0.409. The summed E-state index contributed by atoms with van der Waals surface area (Å²) in [6.07, 6.45) is 4.52. The fraction of sp³-hybridized carbons (Fsp3) is 0.250. The SMILES string of the molecule is C=NNC=Nc1cnc([C@H](C)N)cn1. The van der Waals surface area contributed by atoms with E-state index in [0.717, 1.165) is 5.69 Å². The maximum Gasteiger partial charge on any atom is 0.172 e. The van der Waals surface area contributed by atoms with E-state index in [1.807, 2.05) is 6.92 Å². The molecule has 1 atom stereocenters. The average Bonchev–Trinajstić information content (AvgIpc) is 2.19. The first kappa shape index (κ1) is 10.3. The van der Waals surface area contributed by atoms with Crippen LogP contribution in [0.3, 0.4) is 0 Å². The van der Waals surface area contributed by atoms with Gasteiger partial charge in [-0.25, -0.2) is 9.98 Å². The maximum atomic E-state index is 5.61. The molecule has 0 bridgehead atoms. The van der Waals surface area contributed by atoms with Gasteiger partial charge in [0.1, 0.15) is 6.34 Å². The van der Waals surface area contributed by atoms with Gasteiger partial charge in [0.2, 0.25) is 0 Å². The highest BCUT2D eigenvalue weighted by Crippen LogP contribution is 2.08. The molecule has 0 amide bonds. The molecular weight excluding hydrogens is 180 g/mol. The second kappa shape index (κ2) is 5.03. The minimum absolute atomic E-state index is 0.117. The third-order valence-corrected chi connectivity index (χ3v) is 1.47. The van der Waals surface area contributed by atoms with E-state index in [9.17, 15) is 0 Å². The third-order valence-electron chi connectivity index (χ3n) is 1.47. The molecule has 6 heteroatoms. The number of nitrogens with two attached hydrogens (primary N) is 1. The Morgan fingerprint density at radius 1 is 1.57 bits per heavy atom. The molecule has 0 unspecified atom stereocenters. The van der Waals surface area contributed by atoms with Gasteiger partial charge < -0.3 is 5.73 Å². The summed E-state index contributed by atoms with van der Waals surface area (Å²) in [7, 11) is 0. The van der Waals surface area contributed by atoms with Crippen molar-refractivity contribution in [2.45, 2.75) is 13.0 Å². The number of nitrogens with one attached hydrogen (secondary N) is 1. The highest BCUT2D eigenvalue weighted by Gasteiger charge is 2.00. The Morgan fingerprint density at radius 3 is 2.86 bits per heavy atom. The van der Waals surface area contributed by atoms with Crippen molar-refractivity contribution in [1.82, 2.24) is 15.4 Å². The van der Waals surface area contributed by atoms with E-state index >= 15 is 0 Å². The summed E-state index contributed by atoms with van der Waals surface area (Å²) in [4.78, 5) is 12.0. The van der Waals surface area contributed by atoms with Gasteiger partial charge in [-0.1, -0.05) is 0 Å². The van der Waals surface area contributed by atoms with Gasteiger partial charge in [-0.3, -0.25) is 10.4 Å². The monoisotopic (exact) mass is 192 g/mol. The molecule has 3 N–H and O–H groups in total. The van der Waals surface area contributed by atoms with Gasteiger partial charge in [0.15, 0.2) is 5.82 Å². The topological polar surface area (TPSA) is 88.5 Å². The molecule has 0 aliphatic heterocycles. The van der Waals surface area contributed by atoms with Crippen molar-refractivity contribution in [2.24, 2.45) is 15.8 Å². The first-order valence-corrected chi connectivity index (χ1v) is 4.05. The van der Waals surface area contributed by atoms with E-state index in [0.29, 0.717) is 5.82 Å². The fourth-order valence-corrected chi connectivity index (χ4v) is 0.769. The lowest BCUT2D eigenvalue weighted by molar-refractivity contribution is 0.772. The molecule has 0 aliphatic carbocycles. The molecule has 14 heavy (non-hydrogen) atoms. The largest absolute Gasteiger partial charge is 0.323 e. The molecule has 1 heterocycles. The van der Waals surface area contributed by atoms with Crippen LogP contribution in [0.2, 0.25) is 0 Å². The number of aromatic nitrogens is 2. The van der Waals surface area contributed by atoms with Crippen molar-refractivity contribution >= 4 is 18.9 Å². The molecule has 1 rings (SSSR count). The minimum atomic E-state index is -0.117. The van der Waals surface area contributed by atoms with Gasteiger partial charge in [-0.15, -0.1) is 0 Å². The molecule has 0 radical (unpaired) electrons. The van der Waals surface area contributed by atoms with Crippen LogP contribution in [0.15, 0.2) is 22.5 Å². The molecule has 0 spiro atoms. The third kappa shape index (κ3) is 2.91. The first-order chi connectivity index (χ1) is 6.74. The summed E-state index contributed by atoms with van der Waals surface area (Å²) in [5.41, 5.74) is 8.81. The highest BCUT2D eigenvalue weighted by atomic mass is 15.3. The smallest absolute Gasteiger partial charge is 0.172 e. The van der Waals surface area contributed by atoms with Crippen LogP contribution in [0.25, 0.3) is 0 Å². The van der Waals surface area contributed by atoms with Gasteiger partial charge in [0.25, 0.3) is 0 Å². The molecule has 6 nitrogen and oxygen atoms in total. The summed E-state index contributed by atoms with van der Waals surface area (Å²) >= 11 is 0. The predicted molar refractivity (Wildman–Crippen MR) is 55.5 cm³/mol. The Morgan fingerprint density at radius 2 is 2.36 bits per heavy atom. The number of aliphatic imine (C=N–C) groups is 1. The van der Waals surface area contributed by atoms with E-state index in [4.69, 9.17) is 5.73 Å². The van der Waals surface area contributed by atoms with E-state index < -0.39 is 0 Å². The van der Waals surface area contributed by atoms with Crippen LogP contribution in [0.4, 0.5) is 5.82 Å². The number of hydrazone groups is 1. The normalized spacial score (nSPS) is 12.7. The lowest BCUT2D eigenvalue weighted by atomic mass is 10.3. The fourth-order valence-electron chi connectivity index (χ4n) is 0.769. The summed E-state index contributed by atoms with van der Waals surface area (Å²) < 4.78 is 0. The van der Waals surface area contributed by atoms with E-state index in [-0.39, 0.29) is 6.04 Å². The van der Waals surface area contributed by atoms with Crippen LogP contribution in [0, 0.1) is 0 Å². The maximum absolute atomic E-state index is 5.61. The zero-order valence-electron chi connectivity index (χ0n) is 7.88. The summed E-state index contributed by atoms with van der Waals surface area (Å²) in [5, 5.41) is 3.38. The zero-order valence-corrected chi connectivity index (χ0v) is 7.88. The molecule has 0 aliphatic rings. The summed E-state index contributed by atoms with van der Waals surface area (Å²) in [6, 6.07) is -0.117. The van der Waals surface area contributed by atoms with Crippen molar-refractivity contribution < 1.29 is 0 Å². The van der Waals surface area contributed by atoms with Gasteiger partial charge in [0, 0.05) is 12.8 Å². The van der Waals surface area contributed by atoms with Crippen LogP contribution < -0.4 is 11.2 Å². The molecule has 0 saturated carbocycles. The lowest BCUT2D eigenvalue weighted by Crippen LogP contribution is -2.07. The Bertz CT molecular complexity index is 315. The van der Waals surface area contributed by atoms with Crippen molar-refractivity contribution in [3.8, 4) is 0 Å². The van der Waals surface area contributed by atoms with E-state index in [1.54, 1.807) is 12.4 Å². The average molecular weight is 192 g/mol. The second-order valence-electron chi connectivity index (χ2n) is 2.63. The number of hydrogen-bond acceptors (Lipinski definition) is 5. The molecule has 1 aromatic rings. The molecule has 0 aromatic carbocycles. The van der Waals surface area contributed by atoms with Crippen molar-refractivity contribution in [2.75, 3.05) is 0 Å². The second-order valence-corrected chi connectivity index (χ2v) is 2.63. The van der Waals surface area contributed by atoms with Gasteiger partial charge in [0.05, 0.1) is 18.1 Å². The summed E-state index contributed by atoms with van der Waals surface area (Å²) in [6.45, 7) is 5.07. The number of rotatable bonds is 4. The van der Waals surface area contributed by atoms with Crippen molar-refractivity contribution in [3.63, 3.8) is 0 Å². The Kier molecular flexibility index (Phi) is 3.69. The van der Waals surface area contributed by atoms with Gasteiger partial charge in [-0.2, -0.15) is 5.10 Å². The number of hydrogen-bond donors (Lipinski definition) is 2. The zero-order chi connectivity index (χ0) is 10.4. The summed E-state index contributed by atoms with van der Waals surface area (Å²) in [5.74, 6) is 0.491. The van der Waals surface area contributed by atoms with Gasteiger partial charge >= 0.3 is 0 Å². The van der Waals surface area contributed by atoms with Crippen LogP contribution in [0.1, 0.15) is 18.7 Å². The highest BCUT2D eigenvalue weighted by molar-refractivity contribution is 5.58. The van der Waals surface area contributed by atoms with Crippen LogP contribution in [-0.4, -0.2) is 23.0 Å². The minimum Gasteiger partial charge on any atom is -0.323 e. The number of nitrogens with zero attached hydrogens (tertiary/aromatic N) is 4. The molecule has 0 saturated heterocycles. The predicted octanol–water partition coefficient (Wildman–Crippen LogP) is 0.361. The van der Waals surface area contributed by atoms with Gasteiger partial charge in [-0.05, 0) is 6.92 Å². The van der Waals surface area contributed by atoms with Crippen molar-refractivity contribution in [3.05, 3.63) is 18.1 Å². The molecule has 1 aromatic heterocycles. The molecule has 0 fully saturated rings. The van der Waals surface area contributed by atoms with Crippen molar-refractivity contribution in [1.29, 1.82) is 0 Å². The molecular formula is C8H12N6. The Balaban J connectivity index is 2.68. The standard InChI is InChI=1S/C8H12N6/c1-6(9)7-3-12-8(4-11-7)13-5-14-10-2/h3-6H,2,9H2,1H3,(H,12,13,14)/t6-/m0/s1. The first-order valence-electron chi connectivity index (χ1n) is 4.05. The Hall–Kier alpha value is -1.82. The van der Waals surface area contributed by atoms with E-state index in [2.05, 4.69) is 32.2 Å². The van der Waals surface area contributed by atoms with Crippen LogP contribution in [-0.2, 0) is 0 Å². The lowest BCUT2D eigenvalue weighted by Gasteiger charge is -2.02. The molecule has 74 valence electrons. The Labute approximate surface area is 82.0 Å². The van der Waals surface area contributed by atoms with Crippen LogP contribution in [0.5, 0.6) is 0 Å². The van der Waals surface area contributed by atoms with E-state index in [1.165, 1.54) is 6.34 Å².